The number of hydrogen-bond donors (Lipinski definition) is 1. The van der Waals surface area contributed by atoms with Gasteiger partial charge in [0, 0.05) is 38.3 Å². The van der Waals surface area contributed by atoms with Crippen LogP contribution in [0.5, 0.6) is 11.5 Å². The number of hydrogen-bond acceptors (Lipinski definition) is 5. The number of fused-ring (bicyclic) bond motifs is 1. The fourth-order valence-electron chi connectivity index (χ4n) is 3.71. The van der Waals surface area contributed by atoms with Crippen molar-refractivity contribution in [3.05, 3.63) is 23.8 Å². The van der Waals surface area contributed by atoms with Crippen LogP contribution in [0.2, 0.25) is 0 Å². The molecule has 0 saturated carbocycles. The molecule has 2 heterocycles. The SMILES string of the molecule is COc1ccc(CN2CC3C[C@@H](O)CN3C[C@H]2C)cc1OC. The summed E-state index contributed by atoms with van der Waals surface area (Å²) >= 11 is 0. The van der Waals surface area contributed by atoms with Gasteiger partial charge in [0.25, 0.3) is 0 Å². The van der Waals surface area contributed by atoms with Crippen molar-refractivity contribution in [3.63, 3.8) is 0 Å². The van der Waals surface area contributed by atoms with E-state index in [0.717, 1.165) is 44.1 Å². The molecule has 0 aliphatic carbocycles. The first kappa shape index (κ1) is 15.6. The molecular formula is C17H26N2O3. The molecule has 3 atom stereocenters. The lowest BCUT2D eigenvalue weighted by atomic mass is 10.1. The van der Waals surface area contributed by atoms with Gasteiger partial charge in [-0.05, 0) is 31.0 Å². The summed E-state index contributed by atoms with van der Waals surface area (Å²) in [6, 6.07) is 7.11. The third-order valence-corrected chi connectivity index (χ3v) is 4.91. The summed E-state index contributed by atoms with van der Waals surface area (Å²) < 4.78 is 10.7. The molecule has 1 aromatic rings. The van der Waals surface area contributed by atoms with Crippen LogP contribution in [-0.4, -0.2) is 66.9 Å². The predicted octanol–water partition coefficient (Wildman–Crippen LogP) is 1.34. The fourth-order valence-corrected chi connectivity index (χ4v) is 3.71. The van der Waals surface area contributed by atoms with Crippen molar-refractivity contribution in [3.8, 4) is 11.5 Å². The monoisotopic (exact) mass is 306 g/mol. The molecule has 3 rings (SSSR count). The number of nitrogens with zero attached hydrogens (tertiary/aromatic N) is 2. The van der Waals surface area contributed by atoms with Gasteiger partial charge in [-0.2, -0.15) is 0 Å². The number of methoxy groups -OCH3 is 2. The van der Waals surface area contributed by atoms with E-state index in [1.165, 1.54) is 5.56 Å². The number of ether oxygens (including phenoxy) is 2. The van der Waals surface area contributed by atoms with Crippen molar-refractivity contribution in [1.29, 1.82) is 0 Å². The van der Waals surface area contributed by atoms with Crippen LogP contribution in [-0.2, 0) is 6.54 Å². The number of aliphatic hydroxyl groups is 1. The van der Waals surface area contributed by atoms with Crippen LogP contribution in [0.25, 0.3) is 0 Å². The van der Waals surface area contributed by atoms with Gasteiger partial charge in [0.1, 0.15) is 0 Å². The molecule has 2 fully saturated rings. The van der Waals surface area contributed by atoms with Crippen LogP contribution in [0.4, 0.5) is 0 Å². The van der Waals surface area contributed by atoms with E-state index in [4.69, 9.17) is 9.47 Å². The maximum absolute atomic E-state index is 9.86. The lowest BCUT2D eigenvalue weighted by Crippen LogP contribution is -2.54. The third-order valence-electron chi connectivity index (χ3n) is 4.91. The number of rotatable bonds is 4. The van der Waals surface area contributed by atoms with E-state index in [-0.39, 0.29) is 6.10 Å². The summed E-state index contributed by atoms with van der Waals surface area (Å²) in [4.78, 5) is 4.93. The van der Waals surface area contributed by atoms with Crippen molar-refractivity contribution >= 4 is 0 Å². The van der Waals surface area contributed by atoms with Gasteiger partial charge in [0.2, 0.25) is 0 Å². The molecule has 122 valence electrons. The van der Waals surface area contributed by atoms with Crippen molar-refractivity contribution in [2.24, 2.45) is 0 Å². The Kier molecular flexibility index (Phi) is 4.57. The maximum atomic E-state index is 9.86. The molecule has 2 saturated heterocycles. The zero-order valence-corrected chi connectivity index (χ0v) is 13.7. The smallest absolute Gasteiger partial charge is 0.161 e. The van der Waals surface area contributed by atoms with Gasteiger partial charge >= 0.3 is 0 Å². The van der Waals surface area contributed by atoms with E-state index in [1.807, 2.05) is 6.07 Å². The number of benzene rings is 1. The fraction of sp³-hybridized carbons (Fsp3) is 0.647. The average molecular weight is 306 g/mol. The first-order valence-corrected chi connectivity index (χ1v) is 7.97. The van der Waals surface area contributed by atoms with Gasteiger partial charge in [-0.25, -0.2) is 0 Å². The molecule has 1 unspecified atom stereocenters. The molecular weight excluding hydrogens is 280 g/mol. The molecule has 5 heteroatoms. The van der Waals surface area contributed by atoms with E-state index in [0.29, 0.717) is 12.1 Å². The van der Waals surface area contributed by atoms with Gasteiger partial charge in [0.05, 0.1) is 20.3 Å². The Morgan fingerprint density at radius 2 is 1.91 bits per heavy atom. The molecule has 0 radical (unpaired) electrons. The minimum absolute atomic E-state index is 0.154. The zero-order chi connectivity index (χ0) is 15.7. The Morgan fingerprint density at radius 1 is 1.14 bits per heavy atom. The summed E-state index contributed by atoms with van der Waals surface area (Å²) in [6.45, 7) is 6.06. The highest BCUT2D eigenvalue weighted by atomic mass is 16.5. The topological polar surface area (TPSA) is 45.2 Å². The normalized spacial score (nSPS) is 29.4. The van der Waals surface area contributed by atoms with E-state index in [2.05, 4.69) is 28.9 Å². The highest BCUT2D eigenvalue weighted by Gasteiger charge is 2.37. The summed E-state index contributed by atoms with van der Waals surface area (Å²) in [7, 11) is 3.33. The molecule has 5 nitrogen and oxygen atoms in total. The molecule has 2 aliphatic heterocycles. The average Bonchev–Trinajstić information content (AvgIpc) is 2.86. The van der Waals surface area contributed by atoms with Gasteiger partial charge < -0.3 is 14.6 Å². The lowest BCUT2D eigenvalue weighted by molar-refractivity contribution is 0.0528. The van der Waals surface area contributed by atoms with Crippen LogP contribution in [0, 0.1) is 0 Å². The van der Waals surface area contributed by atoms with Crippen molar-refractivity contribution in [1.82, 2.24) is 9.80 Å². The Morgan fingerprint density at radius 3 is 2.64 bits per heavy atom. The first-order valence-electron chi connectivity index (χ1n) is 7.97. The van der Waals surface area contributed by atoms with Crippen LogP contribution >= 0.6 is 0 Å². The predicted molar refractivity (Wildman–Crippen MR) is 85.4 cm³/mol. The molecule has 0 bridgehead atoms. The molecule has 1 N–H and O–H groups in total. The van der Waals surface area contributed by atoms with E-state index in [9.17, 15) is 5.11 Å². The second-order valence-electron chi connectivity index (χ2n) is 6.47. The molecule has 2 aliphatic rings. The van der Waals surface area contributed by atoms with E-state index >= 15 is 0 Å². The molecule has 0 aromatic heterocycles. The van der Waals surface area contributed by atoms with Gasteiger partial charge in [-0.3, -0.25) is 9.80 Å². The van der Waals surface area contributed by atoms with E-state index < -0.39 is 0 Å². The van der Waals surface area contributed by atoms with Crippen LogP contribution in [0.3, 0.4) is 0 Å². The van der Waals surface area contributed by atoms with Crippen LogP contribution in [0.15, 0.2) is 18.2 Å². The van der Waals surface area contributed by atoms with E-state index in [1.54, 1.807) is 14.2 Å². The summed E-state index contributed by atoms with van der Waals surface area (Å²) in [5.74, 6) is 1.55. The minimum atomic E-state index is -0.154. The standard InChI is InChI=1S/C17H26N2O3/c1-12-8-19-11-15(20)7-14(19)10-18(12)9-13-4-5-16(21-2)17(6-13)22-3/h4-6,12,14-15,20H,7-11H2,1-3H3/t12-,14?,15-/m1/s1. The summed E-state index contributed by atoms with van der Waals surface area (Å²) in [6.07, 6.45) is 0.744. The molecule has 22 heavy (non-hydrogen) atoms. The van der Waals surface area contributed by atoms with Gasteiger partial charge in [-0.15, -0.1) is 0 Å². The highest BCUT2D eigenvalue weighted by Crippen LogP contribution is 2.30. The van der Waals surface area contributed by atoms with Crippen molar-refractivity contribution < 1.29 is 14.6 Å². The Labute approximate surface area is 132 Å². The minimum Gasteiger partial charge on any atom is -0.493 e. The Balaban J connectivity index is 1.70. The van der Waals surface area contributed by atoms with Crippen molar-refractivity contribution in [2.45, 2.75) is 38.1 Å². The molecule has 1 aromatic carbocycles. The Bertz CT molecular complexity index is 523. The van der Waals surface area contributed by atoms with Gasteiger partial charge in [-0.1, -0.05) is 6.07 Å². The largest absolute Gasteiger partial charge is 0.493 e. The maximum Gasteiger partial charge on any atom is 0.161 e. The first-order chi connectivity index (χ1) is 10.6. The second kappa shape index (κ2) is 6.44. The number of aliphatic hydroxyl groups excluding tert-OH is 1. The summed E-state index contributed by atoms with van der Waals surface area (Å²) in [5, 5.41) is 9.86. The zero-order valence-electron chi connectivity index (χ0n) is 13.7. The van der Waals surface area contributed by atoms with Crippen molar-refractivity contribution in [2.75, 3.05) is 33.9 Å². The summed E-state index contributed by atoms with van der Waals surface area (Å²) in [5.41, 5.74) is 1.23. The highest BCUT2D eigenvalue weighted by molar-refractivity contribution is 5.42. The quantitative estimate of drug-likeness (QED) is 0.909. The third kappa shape index (κ3) is 3.07. The second-order valence-corrected chi connectivity index (χ2v) is 6.47. The van der Waals surface area contributed by atoms with Crippen LogP contribution < -0.4 is 9.47 Å². The molecule has 0 amide bonds. The van der Waals surface area contributed by atoms with Crippen LogP contribution in [0.1, 0.15) is 18.9 Å². The number of piperazine rings is 1. The lowest BCUT2D eigenvalue weighted by Gasteiger charge is -2.42. The molecule has 0 spiro atoms. The van der Waals surface area contributed by atoms with Gasteiger partial charge in [0.15, 0.2) is 11.5 Å². The Hall–Kier alpha value is -1.30.